The Morgan fingerprint density at radius 1 is 1.22 bits per heavy atom. The van der Waals surface area contributed by atoms with Crippen LogP contribution in [0.15, 0.2) is 42.6 Å². The predicted molar refractivity (Wildman–Crippen MR) is 100 cm³/mol. The van der Waals surface area contributed by atoms with Gasteiger partial charge in [-0.1, -0.05) is 24.3 Å². The first-order valence-electron chi connectivity index (χ1n) is 9.67. The van der Waals surface area contributed by atoms with Crippen molar-refractivity contribution >= 4 is 0 Å². The van der Waals surface area contributed by atoms with E-state index in [-0.39, 0.29) is 6.10 Å². The van der Waals surface area contributed by atoms with Crippen LogP contribution in [0.2, 0.25) is 0 Å². The van der Waals surface area contributed by atoms with Gasteiger partial charge in [-0.05, 0) is 42.0 Å². The van der Waals surface area contributed by atoms with Crippen molar-refractivity contribution in [2.75, 3.05) is 19.7 Å². The van der Waals surface area contributed by atoms with E-state index in [4.69, 9.17) is 9.47 Å². The fourth-order valence-corrected chi connectivity index (χ4v) is 4.44. The summed E-state index contributed by atoms with van der Waals surface area (Å²) in [7, 11) is 0. The SMILES string of the molecule is CC(O)NC1[C@H]2CN(Cc3ccc([C@H]4COc5cccnc5O4)cc3)C[C@@H]12. The van der Waals surface area contributed by atoms with Crippen LogP contribution in [-0.4, -0.2) is 47.0 Å². The summed E-state index contributed by atoms with van der Waals surface area (Å²) < 4.78 is 11.7. The summed E-state index contributed by atoms with van der Waals surface area (Å²) in [5.74, 6) is 2.66. The van der Waals surface area contributed by atoms with Crippen molar-refractivity contribution in [2.45, 2.75) is 31.8 Å². The molecule has 3 aliphatic rings. The topological polar surface area (TPSA) is 66.9 Å². The minimum atomic E-state index is -0.408. The van der Waals surface area contributed by atoms with Crippen molar-refractivity contribution in [3.8, 4) is 11.6 Å². The summed E-state index contributed by atoms with van der Waals surface area (Å²) in [6, 6.07) is 12.9. The number of aliphatic hydroxyl groups excluding tert-OH is 1. The normalized spacial score (nSPS) is 30.0. The average Bonchev–Trinajstić information content (AvgIpc) is 3.11. The lowest BCUT2D eigenvalue weighted by Crippen LogP contribution is -2.35. The second kappa shape index (κ2) is 6.78. The van der Waals surface area contributed by atoms with E-state index in [1.165, 1.54) is 5.56 Å². The molecule has 1 saturated heterocycles. The highest BCUT2D eigenvalue weighted by atomic mass is 16.6. The molecule has 27 heavy (non-hydrogen) atoms. The lowest BCUT2D eigenvalue weighted by atomic mass is 10.1. The van der Waals surface area contributed by atoms with Crippen molar-refractivity contribution in [3.05, 3.63) is 53.7 Å². The number of nitrogens with zero attached hydrogens (tertiary/aromatic N) is 2. The Hall–Kier alpha value is -2.15. The van der Waals surface area contributed by atoms with Crippen molar-refractivity contribution < 1.29 is 14.6 Å². The third kappa shape index (κ3) is 3.40. The van der Waals surface area contributed by atoms with Crippen LogP contribution in [0.5, 0.6) is 11.6 Å². The number of pyridine rings is 1. The number of nitrogens with one attached hydrogen (secondary N) is 1. The molecule has 2 N–H and O–H groups in total. The van der Waals surface area contributed by atoms with E-state index in [0.717, 1.165) is 25.2 Å². The number of likely N-dealkylation sites (tertiary alicyclic amines) is 1. The number of fused-ring (bicyclic) bond motifs is 2. The largest absolute Gasteiger partial charge is 0.484 e. The summed E-state index contributed by atoms with van der Waals surface area (Å²) in [6.07, 6.45) is 1.19. The zero-order valence-corrected chi connectivity index (χ0v) is 15.4. The summed E-state index contributed by atoms with van der Waals surface area (Å²) in [6.45, 7) is 5.49. The van der Waals surface area contributed by atoms with Crippen LogP contribution < -0.4 is 14.8 Å². The smallest absolute Gasteiger partial charge is 0.257 e. The first kappa shape index (κ1) is 17.0. The maximum atomic E-state index is 9.46. The number of benzene rings is 1. The molecule has 0 amide bonds. The van der Waals surface area contributed by atoms with Crippen LogP contribution in [-0.2, 0) is 6.54 Å². The fraction of sp³-hybridized carbons (Fsp3) is 0.476. The monoisotopic (exact) mass is 367 g/mol. The van der Waals surface area contributed by atoms with Crippen LogP contribution in [0.3, 0.4) is 0 Å². The van der Waals surface area contributed by atoms with E-state index >= 15 is 0 Å². The molecule has 142 valence electrons. The predicted octanol–water partition coefficient (Wildman–Crippen LogP) is 1.95. The number of aromatic nitrogens is 1. The average molecular weight is 367 g/mol. The molecule has 6 heteroatoms. The summed E-state index contributed by atoms with van der Waals surface area (Å²) in [4.78, 5) is 6.75. The van der Waals surface area contributed by atoms with E-state index in [9.17, 15) is 5.11 Å². The lowest BCUT2D eigenvalue weighted by Gasteiger charge is -2.26. The summed E-state index contributed by atoms with van der Waals surface area (Å²) in [5.41, 5.74) is 2.43. The van der Waals surface area contributed by atoms with Gasteiger partial charge in [0.15, 0.2) is 11.9 Å². The van der Waals surface area contributed by atoms with Crippen molar-refractivity contribution in [1.82, 2.24) is 15.2 Å². The highest BCUT2D eigenvalue weighted by molar-refractivity contribution is 5.36. The van der Waals surface area contributed by atoms with E-state index in [0.29, 0.717) is 36.1 Å². The summed E-state index contributed by atoms with van der Waals surface area (Å²) >= 11 is 0. The number of rotatable bonds is 5. The van der Waals surface area contributed by atoms with Crippen LogP contribution in [0.25, 0.3) is 0 Å². The first-order chi connectivity index (χ1) is 13.2. The Morgan fingerprint density at radius 2 is 2.00 bits per heavy atom. The van der Waals surface area contributed by atoms with E-state index in [1.807, 2.05) is 12.1 Å². The number of hydrogen-bond acceptors (Lipinski definition) is 6. The lowest BCUT2D eigenvalue weighted by molar-refractivity contribution is 0.0851. The van der Waals surface area contributed by atoms with Gasteiger partial charge in [0.05, 0.1) is 0 Å². The van der Waals surface area contributed by atoms with Gasteiger partial charge >= 0.3 is 0 Å². The second-order valence-corrected chi connectivity index (χ2v) is 7.86. The van der Waals surface area contributed by atoms with Gasteiger partial charge in [0.25, 0.3) is 5.88 Å². The molecule has 5 atom stereocenters. The standard InChI is InChI=1S/C21H25N3O3/c1-13(25)23-20-16-10-24(11-17(16)20)9-14-4-6-15(7-5-14)19-12-26-18-3-2-8-22-21(18)27-19/h2-8,13,16-17,19-20,23,25H,9-12H2,1H3/t13?,16-,17+,19-,20?/m1/s1. The highest BCUT2D eigenvalue weighted by Gasteiger charge is 2.55. The van der Waals surface area contributed by atoms with Crippen molar-refractivity contribution in [1.29, 1.82) is 0 Å². The van der Waals surface area contributed by atoms with Gasteiger partial charge < -0.3 is 14.6 Å². The molecular formula is C21H25N3O3. The van der Waals surface area contributed by atoms with Crippen LogP contribution >= 0.6 is 0 Å². The third-order valence-corrected chi connectivity index (χ3v) is 5.84. The van der Waals surface area contributed by atoms with Crippen LogP contribution in [0, 0.1) is 11.8 Å². The van der Waals surface area contributed by atoms with Gasteiger partial charge in [-0.15, -0.1) is 0 Å². The van der Waals surface area contributed by atoms with Gasteiger partial charge in [-0.3, -0.25) is 10.2 Å². The van der Waals surface area contributed by atoms with Gasteiger partial charge in [-0.25, -0.2) is 4.98 Å². The Kier molecular flexibility index (Phi) is 4.27. The quantitative estimate of drug-likeness (QED) is 0.788. The van der Waals surface area contributed by atoms with Gasteiger partial charge in [-0.2, -0.15) is 0 Å². The molecule has 2 aliphatic heterocycles. The number of piperidine rings is 1. The fourth-order valence-electron chi connectivity index (χ4n) is 4.44. The number of aliphatic hydroxyl groups is 1. The molecule has 1 aliphatic carbocycles. The molecule has 1 aromatic carbocycles. The molecule has 0 spiro atoms. The Balaban J connectivity index is 1.17. The van der Waals surface area contributed by atoms with Gasteiger partial charge in [0.2, 0.25) is 0 Å². The van der Waals surface area contributed by atoms with Crippen LogP contribution in [0.1, 0.15) is 24.2 Å². The van der Waals surface area contributed by atoms with Crippen molar-refractivity contribution in [2.24, 2.45) is 11.8 Å². The molecule has 1 aromatic heterocycles. The van der Waals surface area contributed by atoms with E-state index in [1.54, 1.807) is 13.1 Å². The second-order valence-electron chi connectivity index (χ2n) is 7.86. The minimum absolute atomic E-state index is 0.117. The number of hydrogen-bond donors (Lipinski definition) is 2. The van der Waals surface area contributed by atoms with Gasteiger partial charge in [0, 0.05) is 31.9 Å². The Morgan fingerprint density at radius 3 is 2.74 bits per heavy atom. The highest BCUT2D eigenvalue weighted by Crippen LogP contribution is 2.46. The minimum Gasteiger partial charge on any atom is -0.484 e. The zero-order valence-electron chi connectivity index (χ0n) is 15.4. The molecule has 2 unspecified atom stereocenters. The molecule has 1 saturated carbocycles. The van der Waals surface area contributed by atoms with Crippen molar-refractivity contribution in [3.63, 3.8) is 0 Å². The molecule has 2 fully saturated rings. The molecule has 3 heterocycles. The molecule has 6 nitrogen and oxygen atoms in total. The van der Waals surface area contributed by atoms with Crippen LogP contribution in [0.4, 0.5) is 0 Å². The third-order valence-electron chi connectivity index (χ3n) is 5.84. The summed E-state index contributed by atoms with van der Waals surface area (Å²) in [5, 5.41) is 12.7. The zero-order chi connectivity index (χ0) is 18.4. The van der Waals surface area contributed by atoms with E-state index in [2.05, 4.69) is 39.5 Å². The van der Waals surface area contributed by atoms with E-state index < -0.39 is 6.23 Å². The number of ether oxygens (including phenoxy) is 2. The molecular weight excluding hydrogens is 342 g/mol. The first-order valence-corrected chi connectivity index (χ1v) is 9.67. The van der Waals surface area contributed by atoms with Gasteiger partial charge in [0.1, 0.15) is 12.8 Å². The Labute approximate surface area is 159 Å². The maximum Gasteiger partial charge on any atom is 0.257 e. The molecule has 5 rings (SSSR count). The maximum absolute atomic E-state index is 9.46. The molecule has 0 bridgehead atoms. The Bertz CT molecular complexity index is 799. The molecule has 2 aromatic rings. The molecule has 0 radical (unpaired) electrons.